The molecule has 0 saturated heterocycles. The maximum atomic E-state index is 5.46. The fraction of sp³-hybridized carbons (Fsp3) is 0.571. The van der Waals surface area contributed by atoms with Crippen molar-refractivity contribution in [3.63, 3.8) is 0 Å². The first-order valence-corrected chi connectivity index (χ1v) is 3.39. The van der Waals surface area contributed by atoms with Crippen LogP contribution in [-0.4, -0.2) is 5.16 Å². The maximum absolute atomic E-state index is 5.46. The molecule has 0 aliphatic rings. The number of aromatic nitrogens is 1. The number of hydrogen-bond acceptors (Lipinski definition) is 3. The van der Waals surface area contributed by atoms with Crippen LogP contribution in [0.4, 0.5) is 5.88 Å². The summed E-state index contributed by atoms with van der Waals surface area (Å²) in [5.41, 5.74) is 6.47. The van der Waals surface area contributed by atoms with E-state index in [1.807, 2.05) is 0 Å². The maximum Gasteiger partial charge on any atom is 0.225 e. The number of nitrogens with zero attached hydrogens (tertiary/aromatic N) is 1. The fourth-order valence-corrected chi connectivity index (χ4v) is 0.862. The van der Waals surface area contributed by atoms with Gasteiger partial charge in [0.15, 0.2) is 0 Å². The van der Waals surface area contributed by atoms with E-state index in [0.717, 1.165) is 12.0 Å². The molecule has 3 nitrogen and oxygen atoms in total. The third kappa shape index (κ3) is 1.50. The summed E-state index contributed by atoms with van der Waals surface area (Å²) in [5.74, 6) is 1.05. The molecule has 0 saturated carbocycles. The SMILES string of the molecule is CC(C)Cc1cnoc1N. The Kier molecular flexibility index (Phi) is 1.94. The van der Waals surface area contributed by atoms with Crippen molar-refractivity contribution in [3.05, 3.63) is 11.8 Å². The van der Waals surface area contributed by atoms with Crippen LogP contribution in [0.15, 0.2) is 10.7 Å². The van der Waals surface area contributed by atoms with Crippen LogP contribution < -0.4 is 5.73 Å². The normalized spacial score (nSPS) is 10.7. The Balaban J connectivity index is 2.65. The Hall–Kier alpha value is -0.990. The van der Waals surface area contributed by atoms with Gasteiger partial charge in [0.25, 0.3) is 0 Å². The standard InChI is InChI=1S/C7H12N2O/c1-5(2)3-6-4-9-10-7(6)8/h4-5H,3,8H2,1-2H3. The monoisotopic (exact) mass is 140 g/mol. The molecule has 0 amide bonds. The molecular formula is C7H12N2O. The van der Waals surface area contributed by atoms with Gasteiger partial charge in [-0.15, -0.1) is 0 Å². The molecule has 0 aliphatic carbocycles. The van der Waals surface area contributed by atoms with Crippen molar-refractivity contribution >= 4 is 5.88 Å². The van der Waals surface area contributed by atoms with Gasteiger partial charge >= 0.3 is 0 Å². The summed E-state index contributed by atoms with van der Waals surface area (Å²) in [6.07, 6.45) is 2.62. The minimum atomic E-state index is 0.453. The van der Waals surface area contributed by atoms with Crippen LogP contribution in [0.1, 0.15) is 19.4 Å². The van der Waals surface area contributed by atoms with Gasteiger partial charge < -0.3 is 10.3 Å². The van der Waals surface area contributed by atoms with E-state index in [2.05, 4.69) is 19.0 Å². The van der Waals surface area contributed by atoms with Gasteiger partial charge in [-0.3, -0.25) is 0 Å². The lowest BCUT2D eigenvalue weighted by Crippen LogP contribution is -1.95. The van der Waals surface area contributed by atoms with E-state index in [4.69, 9.17) is 10.3 Å². The Morgan fingerprint density at radius 3 is 2.80 bits per heavy atom. The molecule has 1 heterocycles. The van der Waals surface area contributed by atoms with E-state index in [1.54, 1.807) is 6.20 Å². The zero-order valence-corrected chi connectivity index (χ0v) is 6.29. The molecule has 0 aromatic carbocycles. The number of anilines is 1. The van der Waals surface area contributed by atoms with Gasteiger partial charge in [-0.1, -0.05) is 19.0 Å². The lowest BCUT2D eigenvalue weighted by molar-refractivity contribution is 0.435. The van der Waals surface area contributed by atoms with Gasteiger partial charge in [0, 0.05) is 5.56 Å². The second-order valence-corrected chi connectivity index (χ2v) is 2.81. The van der Waals surface area contributed by atoms with E-state index < -0.39 is 0 Å². The molecular weight excluding hydrogens is 128 g/mol. The van der Waals surface area contributed by atoms with Crippen LogP contribution in [0.3, 0.4) is 0 Å². The van der Waals surface area contributed by atoms with Crippen LogP contribution in [0.5, 0.6) is 0 Å². The van der Waals surface area contributed by atoms with E-state index in [1.165, 1.54) is 0 Å². The Labute approximate surface area is 60.2 Å². The zero-order valence-electron chi connectivity index (χ0n) is 6.29. The highest BCUT2D eigenvalue weighted by Gasteiger charge is 2.04. The highest BCUT2D eigenvalue weighted by Crippen LogP contribution is 2.14. The summed E-state index contributed by atoms with van der Waals surface area (Å²) in [5, 5.41) is 3.57. The number of nitrogens with two attached hydrogens (primary N) is 1. The molecule has 0 unspecified atom stereocenters. The number of nitrogen functional groups attached to an aromatic ring is 1. The molecule has 0 spiro atoms. The van der Waals surface area contributed by atoms with Crippen LogP contribution in [0.2, 0.25) is 0 Å². The van der Waals surface area contributed by atoms with Crippen molar-refractivity contribution in [3.8, 4) is 0 Å². The van der Waals surface area contributed by atoms with Crippen LogP contribution in [0, 0.1) is 5.92 Å². The predicted octanol–water partition coefficient (Wildman–Crippen LogP) is 1.46. The molecule has 0 atom stereocenters. The third-order valence-electron chi connectivity index (χ3n) is 1.30. The van der Waals surface area contributed by atoms with Gasteiger partial charge in [-0.2, -0.15) is 0 Å². The molecule has 0 aliphatic heterocycles. The first-order valence-electron chi connectivity index (χ1n) is 3.39. The smallest absolute Gasteiger partial charge is 0.225 e. The quantitative estimate of drug-likeness (QED) is 0.676. The van der Waals surface area contributed by atoms with Crippen molar-refractivity contribution < 1.29 is 4.52 Å². The molecule has 10 heavy (non-hydrogen) atoms. The van der Waals surface area contributed by atoms with Crippen LogP contribution in [0.25, 0.3) is 0 Å². The summed E-state index contributed by atoms with van der Waals surface area (Å²) in [7, 11) is 0. The predicted molar refractivity (Wildman–Crippen MR) is 39.5 cm³/mol. The molecule has 1 aromatic rings. The minimum absolute atomic E-state index is 0.453. The molecule has 0 radical (unpaired) electrons. The van der Waals surface area contributed by atoms with Crippen LogP contribution >= 0.6 is 0 Å². The number of rotatable bonds is 2. The Morgan fingerprint density at radius 1 is 1.70 bits per heavy atom. The minimum Gasteiger partial charge on any atom is -0.367 e. The first-order chi connectivity index (χ1) is 4.70. The topological polar surface area (TPSA) is 52.0 Å². The van der Waals surface area contributed by atoms with Gasteiger partial charge in [-0.25, -0.2) is 0 Å². The number of hydrogen-bond donors (Lipinski definition) is 1. The van der Waals surface area contributed by atoms with Gasteiger partial charge in [0.2, 0.25) is 5.88 Å². The average Bonchev–Trinajstić information content (AvgIpc) is 2.15. The second kappa shape index (κ2) is 2.73. The highest BCUT2D eigenvalue weighted by atomic mass is 16.5. The summed E-state index contributed by atoms with van der Waals surface area (Å²) in [6, 6.07) is 0. The molecule has 0 fully saturated rings. The van der Waals surface area contributed by atoms with E-state index in [-0.39, 0.29) is 0 Å². The van der Waals surface area contributed by atoms with Crippen molar-refractivity contribution in [1.29, 1.82) is 0 Å². The van der Waals surface area contributed by atoms with Crippen molar-refractivity contribution in [1.82, 2.24) is 5.16 Å². The Morgan fingerprint density at radius 2 is 2.40 bits per heavy atom. The molecule has 1 rings (SSSR count). The highest BCUT2D eigenvalue weighted by molar-refractivity contribution is 5.33. The summed E-state index contributed by atoms with van der Waals surface area (Å²) in [4.78, 5) is 0. The van der Waals surface area contributed by atoms with Gasteiger partial charge in [0.05, 0.1) is 6.20 Å². The Bertz CT molecular complexity index is 205. The lowest BCUT2D eigenvalue weighted by atomic mass is 10.1. The molecule has 0 bridgehead atoms. The summed E-state index contributed by atoms with van der Waals surface area (Å²) < 4.78 is 4.69. The fourth-order valence-electron chi connectivity index (χ4n) is 0.862. The third-order valence-corrected chi connectivity index (χ3v) is 1.30. The van der Waals surface area contributed by atoms with E-state index in [0.29, 0.717) is 11.8 Å². The second-order valence-electron chi connectivity index (χ2n) is 2.81. The zero-order chi connectivity index (χ0) is 7.56. The average molecular weight is 140 g/mol. The van der Waals surface area contributed by atoms with E-state index in [9.17, 15) is 0 Å². The van der Waals surface area contributed by atoms with Crippen LogP contribution in [-0.2, 0) is 6.42 Å². The van der Waals surface area contributed by atoms with Gasteiger partial charge in [-0.05, 0) is 12.3 Å². The molecule has 3 heteroatoms. The summed E-state index contributed by atoms with van der Waals surface area (Å²) >= 11 is 0. The van der Waals surface area contributed by atoms with Crippen molar-refractivity contribution in [2.45, 2.75) is 20.3 Å². The molecule has 1 aromatic heterocycles. The van der Waals surface area contributed by atoms with Gasteiger partial charge in [0.1, 0.15) is 0 Å². The molecule has 56 valence electrons. The summed E-state index contributed by atoms with van der Waals surface area (Å²) in [6.45, 7) is 4.26. The van der Waals surface area contributed by atoms with E-state index >= 15 is 0 Å². The van der Waals surface area contributed by atoms with Crippen molar-refractivity contribution in [2.24, 2.45) is 5.92 Å². The largest absolute Gasteiger partial charge is 0.367 e. The molecule has 2 N–H and O–H groups in total. The lowest BCUT2D eigenvalue weighted by Gasteiger charge is -1.99. The van der Waals surface area contributed by atoms with Crippen molar-refractivity contribution in [2.75, 3.05) is 5.73 Å². The first kappa shape index (κ1) is 7.12.